The summed E-state index contributed by atoms with van der Waals surface area (Å²) in [7, 11) is 0. The van der Waals surface area contributed by atoms with Crippen molar-refractivity contribution in [2.45, 2.75) is 19.3 Å². The van der Waals surface area contributed by atoms with E-state index >= 15 is 0 Å². The molecule has 0 spiro atoms. The molecule has 30 heavy (non-hydrogen) atoms. The van der Waals surface area contributed by atoms with Gasteiger partial charge in [-0.05, 0) is 55.2 Å². The molecule has 1 N–H and O–H groups in total. The number of hydrogen-bond donors (Lipinski definition) is 1. The van der Waals surface area contributed by atoms with Crippen molar-refractivity contribution in [2.75, 3.05) is 24.5 Å². The van der Waals surface area contributed by atoms with Crippen molar-refractivity contribution in [3.63, 3.8) is 0 Å². The average molecular weight is 423 g/mol. The molecule has 0 aliphatic carbocycles. The predicted molar refractivity (Wildman–Crippen MR) is 117 cm³/mol. The molecule has 0 radical (unpaired) electrons. The van der Waals surface area contributed by atoms with E-state index in [1.165, 1.54) is 12.8 Å². The first-order valence-electron chi connectivity index (χ1n) is 10.1. The smallest absolute Gasteiger partial charge is 0.251 e. The van der Waals surface area contributed by atoms with Crippen LogP contribution in [0.5, 0.6) is 11.6 Å². The molecule has 0 bridgehead atoms. The van der Waals surface area contributed by atoms with Gasteiger partial charge in [-0.3, -0.25) is 4.79 Å². The summed E-state index contributed by atoms with van der Waals surface area (Å²) >= 11 is 5.94. The van der Waals surface area contributed by atoms with E-state index in [2.05, 4.69) is 20.2 Å². The highest BCUT2D eigenvalue weighted by Crippen LogP contribution is 2.23. The Morgan fingerprint density at radius 1 is 1.10 bits per heavy atom. The van der Waals surface area contributed by atoms with Crippen molar-refractivity contribution in [3.8, 4) is 11.6 Å². The van der Waals surface area contributed by atoms with Crippen LogP contribution in [0, 0.1) is 0 Å². The SMILES string of the molecule is O=C(NCCc1cccc(Oc2ccnc(N3CCCC3)n2)c1)c1cccc(Cl)c1. The van der Waals surface area contributed by atoms with Gasteiger partial charge in [0, 0.05) is 42.5 Å². The third kappa shape index (κ3) is 5.27. The minimum atomic E-state index is -0.139. The van der Waals surface area contributed by atoms with Crippen molar-refractivity contribution in [1.29, 1.82) is 0 Å². The van der Waals surface area contributed by atoms with E-state index in [-0.39, 0.29) is 5.91 Å². The van der Waals surface area contributed by atoms with Crippen LogP contribution in [0.2, 0.25) is 5.02 Å². The number of amides is 1. The molecule has 0 saturated carbocycles. The molecule has 1 saturated heterocycles. The first-order valence-corrected chi connectivity index (χ1v) is 10.4. The fourth-order valence-corrected chi connectivity index (χ4v) is 3.59. The summed E-state index contributed by atoms with van der Waals surface area (Å²) in [5.74, 6) is 1.81. The van der Waals surface area contributed by atoms with Crippen LogP contribution in [-0.4, -0.2) is 35.5 Å². The lowest BCUT2D eigenvalue weighted by Gasteiger charge is -2.15. The first-order chi connectivity index (χ1) is 14.7. The Hall–Kier alpha value is -3.12. The number of nitrogens with one attached hydrogen (secondary N) is 1. The van der Waals surface area contributed by atoms with Gasteiger partial charge in [-0.25, -0.2) is 4.98 Å². The maximum absolute atomic E-state index is 12.2. The van der Waals surface area contributed by atoms with Crippen LogP contribution < -0.4 is 15.0 Å². The highest BCUT2D eigenvalue weighted by molar-refractivity contribution is 6.30. The minimum absolute atomic E-state index is 0.139. The summed E-state index contributed by atoms with van der Waals surface area (Å²) in [5, 5.41) is 3.46. The molecule has 2 aromatic carbocycles. The van der Waals surface area contributed by atoms with Gasteiger partial charge in [0.25, 0.3) is 5.91 Å². The Morgan fingerprint density at radius 2 is 1.93 bits per heavy atom. The van der Waals surface area contributed by atoms with Gasteiger partial charge in [-0.15, -0.1) is 0 Å². The normalized spacial score (nSPS) is 13.3. The Kier molecular flexibility index (Phi) is 6.44. The third-order valence-corrected chi connectivity index (χ3v) is 5.15. The van der Waals surface area contributed by atoms with Crippen molar-refractivity contribution in [3.05, 3.63) is 76.9 Å². The largest absolute Gasteiger partial charge is 0.439 e. The summed E-state index contributed by atoms with van der Waals surface area (Å²) in [4.78, 5) is 23.3. The second-order valence-corrected chi connectivity index (χ2v) is 7.59. The van der Waals surface area contributed by atoms with Gasteiger partial charge >= 0.3 is 0 Å². The zero-order valence-corrected chi connectivity index (χ0v) is 17.3. The van der Waals surface area contributed by atoms with Gasteiger partial charge in [0.15, 0.2) is 0 Å². The first kappa shape index (κ1) is 20.2. The lowest BCUT2D eigenvalue weighted by molar-refractivity contribution is 0.0954. The quantitative estimate of drug-likeness (QED) is 0.607. The van der Waals surface area contributed by atoms with Gasteiger partial charge in [-0.2, -0.15) is 4.98 Å². The highest BCUT2D eigenvalue weighted by atomic mass is 35.5. The van der Waals surface area contributed by atoms with Crippen molar-refractivity contribution in [1.82, 2.24) is 15.3 Å². The fraction of sp³-hybridized carbons (Fsp3) is 0.261. The number of benzene rings is 2. The number of nitrogens with zero attached hydrogens (tertiary/aromatic N) is 3. The lowest BCUT2D eigenvalue weighted by Crippen LogP contribution is -2.25. The van der Waals surface area contributed by atoms with E-state index in [0.29, 0.717) is 41.1 Å². The fourth-order valence-electron chi connectivity index (χ4n) is 3.40. The van der Waals surface area contributed by atoms with Gasteiger partial charge in [0.1, 0.15) is 5.75 Å². The number of carbonyl (C=O) groups excluding carboxylic acids is 1. The zero-order valence-electron chi connectivity index (χ0n) is 16.6. The van der Waals surface area contributed by atoms with Crippen LogP contribution in [0.25, 0.3) is 0 Å². The van der Waals surface area contributed by atoms with Gasteiger partial charge in [0.05, 0.1) is 0 Å². The van der Waals surface area contributed by atoms with Crippen LogP contribution in [0.1, 0.15) is 28.8 Å². The molecule has 154 valence electrons. The van der Waals surface area contributed by atoms with Crippen LogP contribution in [0.4, 0.5) is 5.95 Å². The van der Waals surface area contributed by atoms with Crippen molar-refractivity contribution >= 4 is 23.5 Å². The van der Waals surface area contributed by atoms with E-state index in [4.69, 9.17) is 16.3 Å². The van der Waals surface area contributed by atoms with Gasteiger partial charge in [0.2, 0.25) is 11.8 Å². The Bertz CT molecular complexity index is 1020. The minimum Gasteiger partial charge on any atom is -0.439 e. The summed E-state index contributed by atoms with van der Waals surface area (Å²) in [6.45, 7) is 2.49. The maximum Gasteiger partial charge on any atom is 0.251 e. The summed E-state index contributed by atoms with van der Waals surface area (Å²) in [5.41, 5.74) is 1.62. The third-order valence-electron chi connectivity index (χ3n) is 4.91. The molecule has 1 aromatic heterocycles. The summed E-state index contributed by atoms with van der Waals surface area (Å²) in [6, 6.07) is 16.5. The van der Waals surface area contributed by atoms with E-state index in [1.54, 1.807) is 36.5 Å². The zero-order chi connectivity index (χ0) is 20.8. The topological polar surface area (TPSA) is 67.3 Å². The molecule has 1 aliphatic heterocycles. The number of ether oxygens (including phenoxy) is 1. The van der Waals surface area contributed by atoms with Crippen LogP contribution in [0.3, 0.4) is 0 Å². The highest BCUT2D eigenvalue weighted by Gasteiger charge is 2.15. The number of anilines is 1. The second kappa shape index (κ2) is 9.59. The lowest BCUT2D eigenvalue weighted by atomic mass is 10.1. The Labute approximate surface area is 180 Å². The molecule has 0 atom stereocenters. The van der Waals surface area contributed by atoms with Crippen molar-refractivity contribution < 1.29 is 9.53 Å². The van der Waals surface area contributed by atoms with Crippen LogP contribution in [0.15, 0.2) is 60.8 Å². The predicted octanol–water partition coefficient (Wildman–Crippen LogP) is 4.50. The molecule has 4 rings (SSSR count). The number of halogens is 1. The van der Waals surface area contributed by atoms with E-state index < -0.39 is 0 Å². The van der Waals surface area contributed by atoms with Crippen molar-refractivity contribution in [2.24, 2.45) is 0 Å². The monoisotopic (exact) mass is 422 g/mol. The maximum atomic E-state index is 12.2. The number of aromatic nitrogens is 2. The summed E-state index contributed by atoms with van der Waals surface area (Å²) in [6.07, 6.45) is 4.76. The van der Waals surface area contributed by atoms with E-state index in [0.717, 1.165) is 18.7 Å². The number of rotatable bonds is 7. The Morgan fingerprint density at radius 3 is 2.77 bits per heavy atom. The summed E-state index contributed by atoms with van der Waals surface area (Å²) < 4.78 is 5.95. The number of hydrogen-bond acceptors (Lipinski definition) is 5. The molecule has 1 aliphatic rings. The standard InChI is InChI=1S/C23H23ClN4O2/c24-19-7-4-6-18(16-19)22(29)25-11-9-17-5-3-8-20(15-17)30-21-10-12-26-23(27-21)28-13-1-2-14-28/h3-8,10,12,15-16H,1-2,9,11,13-14H2,(H,25,29). The number of carbonyl (C=O) groups is 1. The molecule has 0 unspecified atom stereocenters. The molecular weight excluding hydrogens is 400 g/mol. The van der Waals surface area contributed by atoms with Gasteiger partial charge < -0.3 is 15.0 Å². The molecule has 2 heterocycles. The molecular formula is C23H23ClN4O2. The van der Waals surface area contributed by atoms with E-state index in [1.807, 2.05) is 24.3 Å². The van der Waals surface area contributed by atoms with Crippen LogP contribution >= 0.6 is 11.6 Å². The van der Waals surface area contributed by atoms with Crippen LogP contribution in [-0.2, 0) is 6.42 Å². The average Bonchev–Trinajstić information content (AvgIpc) is 3.29. The second-order valence-electron chi connectivity index (χ2n) is 7.15. The van der Waals surface area contributed by atoms with Gasteiger partial charge in [-0.1, -0.05) is 29.8 Å². The van der Waals surface area contributed by atoms with E-state index in [9.17, 15) is 4.79 Å². The molecule has 3 aromatic rings. The molecule has 6 nitrogen and oxygen atoms in total. The molecule has 1 fully saturated rings. The Balaban J connectivity index is 1.34. The molecule has 7 heteroatoms. The molecule has 1 amide bonds.